The Labute approximate surface area is 102 Å². The van der Waals surface area contributed by atoms with E-state index in [0.717, 1.165) is 17.7 Å². The first-order chi connectivity index (χ1) is 7.26. The molecule has 0 aliphatic rings. The van der Waals surface area contributed by atoms with E-state index >= 15 is 0 Å². The molecule has 0 aromatic heterocycles. The van der Waals surface area contributed by atoms with Gasteiger partial charge in [0.05, 0.1) is 13.2 Å². The lowest BCUT2D eigenvalue weighted by Crippen LogP contribution is -3.00. The van der Waals surface area contributed by atoms with Gasteiger partial charge in [0.15, 0.2) is 0 Å². The highest BCUT2D eigenvalue weighted by Crippen LogP contribution is 2.03. The van der Waals surface area contributed by atoms with Crippen LogP contribution in [0.5, 0.6) is 0 Å². The van der Waals surface area contributed by atoms with Gasteiger partial charge in [0.1, 0.15) is 0 Å². The molecule has 0 unspecified atom stereocenters. The summed E-state index contributed by atoms with van der Waals surface area (Å²) >= 11 is 0. The Kier molecular flexibility index (Phi) is 7.33. The Hall–Kier alpha value is -1.26. The fourth-order valence-electron chi connectivity index (χ4n) is 1.25. The van der Waals surface area contributed by atoms with E-state index in [2.05, 4.69) is 11.1 Å². The monoisotopic (exact) mass is 244 g/mol. The van der Waals surface area contributed by atoms with E-state index in [1.54, 1.807) is 6.92 Å². The molecular formula is C11H17ClN2O2. The van der Waals surface area contributed by atoms with Crippen molar-refractivity contribution in [2.75, 3.05) is 6.61 Å². The quantitative estimate of drug-likeness (QED) is 0.625. The maximum Gasteiger partial charge on any atom is 0.407 e. The zero-order valence-electron chi connectivity index (χ0n) is 9.33. The van der Waals surface area contributed by atoms with Gasteiger partial charge in [-0.2, -0.15) is 0 Å². The van der Waals surface area contributed by atoms with Gasteiger partial charge in [-0.15, -0.1) is 0 Å². The molecule has 90 valence electrons. The number of carbonyl (C=O) groups excluding carboxylic acids is 1. The molecule has 1 amide bonds. The second-order valence-corrected chi connectivity index (χ2v) is 3.14. The number of alkyl carbamates (subject to hydrolysis) is 1. The zero-order chi connectivity index (χ0) is 11.1. The van der Waals surface area contributed by atoms with Crippen LogP contribution in [0.25, 0.3) is 0 Å². The fourth-order valence-corrected chi connectivity index (χ4v) is 1.25. The van der Waals surface area contributed by atoms with Crippen molar-refractivity contribution < 1.29 is 27.7 Å². The smallest absolute Gasteiger partial charge is 0.407 e. The van der Waals surface area contributed by atoms with Crippen LogP contribution in [-0.2, 0) is 17.8 Å². The molecule has 0 aliphatic heterocycles. The molecular weight excluding hydrogens is 228 g/mol. The molecule has 0 bridgehead atoms. The fraction of sp³-hybridized carbons (Fsp3) is 0.364. The van der Waals surface area contributed by atoms with Crippen molar-refractivity contribution in [1.82, 2.24) is 5.32 Å². The van der Waals surface area contributed by atoms with Crippen LogP contribution in [0.2, 0.25) is 0 Å². The summed E-state index contributed by atoms with van der Waals surface area (Å²) < 4.78 is 4.76. The predicted octanol–water partition coefficient (Wildman–Crippen LogP) is -2.32. The molecule has 0 saturated carbocycles. The van der Waals surface area contributed by atoms with Crippen LogP contribution >= 0.6 is 0 Å². The molecule has 0 fully saturated rings. The molecule has 0 spiro atoms. The molecule has 1 aromatic rings. The van der Waals surface area contributed by atoms with Gasteiger partial charge < -0.3 is 28.2 Å². The standard InChI is InChI=1S/C11H16N2O2.ClH/c1-2-15-11(14)13-8-10-5-3-4-9(6-10)7-12;/h3-6H,2,7-8,12H2,1H3,(H,13,14);1H. The minimum atomic E-state index is -0.377. The van der Waals surface area contributed by atoms with Gasteiger partial charge in [0.2, 0.25) is 0 Å². The van der Waals surface area contributed by atoms with E-state index in [9.17, 15) is 4.79 Å². The van der Waals surface area contributed by atoms with E-state index < -0.39 is 0 Å². The van der Waals surface area contributed by atoms with Crippen molar-refractivity contribution in [1.29, 1.82) is 0 Å². The third kappa shape index (κ3) is 5.00. The lowest BCUT2D eigenvalue weighted by Gasteiger charge is -2.05. The van der Waals surface area contributed by atoms with Crippen LogP contribution in [0, 0.1) is 0 Å². The predicted molar refractivity (Wildman–Crippen MR) is 56.9 cm³/mol. The van der Waals surface area contributed by atoms with Gasteiger partial charge in [-0.25, -0.2) is 4.79 Å². The summed E-state index contributed by atoms with van der Waals surface area (Å²) in [5, 5.41) is 2.67. The summed E-state index contributed by atoms with van der Waals surface area (Å²) in [7, 11) is 0. The highest BCUT2D eigenvalue weighted by atomic mass is 35.5. The van der Waals surface area contributed by atoms with Crippen LogP contribution in [0.3, 0.4) is 0 Å². The van der Waals surface area contributed by atoms with Crippen LogP contribution < -0.4 is 23.5 Å². The molecule has 0 radical (unpaired) electrons. The number of halogens is 1. The van der Waals surface area contributed by atoms with Crippen molar-refractivity contribution in [2.24, 2.45) is 0 Å². The Morgan fingerprint density at radius 3 is 2.75 bits per heavy atom. The number of carbonyl (C=O) groups is 1. The van der Waals surface area contributed by atoms with Gasteiger partial charge in [-0.1, -0.05) is 18.2 Å². The summed E-state index contributed by atoms with van der Waals surface area (Å²) in [5.74, 6) is 0. The third-order valence-corrected chi connectivity index (χ3v) is 1.99. The Balaban J connectivity index is 0.00000225. The molecule has 4 nitrogen and oxygen atoms in total. The largest absolute Gasteiger partial charge is 1.00 e. The average molecular weight is 245 g/mol. The number of benzene rings is 1. The van der Waals surface area contributed by atoms with Gasteiger partial charge in [-0.3, -0.25) is 0 Å². The van der Waals surface area contributed by atoms with E-state index in [-0.39, 0.29) is 18.5 Å². The number of hydrogen-bond acceptors (Lipinski definition) is 2. The highest BCUT2D eigenvalue weighted by Gasteiger charge is 2.00. The third-order valence-electron chi connectivity index (χ3n) is 1.99. The van der Waals surface area contributed by atoms with E-state index in [1.807, 2.05) is 24.3 Å². The summed E-state index contributed by atoms with van der Waals surface area (Å²) in [5.41, 5.74) is 6.03. The Morgan fingerprint density at radius 1 is 1.44 bits per heavy atom. The first-order valence-corrected chi connectivity index (χ1v) is 5.04. The van der Waals surface area contributed by atoms with Crippen molar-refractivity contribution in [3.8, 4) is 0 Å². The normalized spacial score (nSPS) is 9.12. The first-order valence-electron chi connectivity index (χ1n) is 5.04. The van der Waals surface area contributed by atoms with E-state index in [0.29, 0.717) is 13.2 Å². The number of nitrogens with one attached hydrogen (secondary N) is 1. The van der Waals surface area contributed by atoms with Crippen molar-refractivity contribution in [3.05, 3.63) is 35.4 Å². The lowest BCUT2D eigenvalue weighted by atomic mass is 10.1. The second kappa shape index (κ2) is 7.96. The lowest BCUT2D eigenvalue weighted by molar-refractivity contribution is -0.386. The van der Waals surface area contributed by atoms with Crippen molar-refractivity contribution in [3.63, 3.8) is 0 Å². The van der Waals surface area contributed by atoms with Crippen molar-refractivity contribution in [2.45, 2.75) is 20.0 Å². The average Bonchev–Trinajstić information content (AvgIpc) is 2.27. The zero-order valence-corrected chi connectivity index (χ0v) is 10.1. The van der Waals surface area contributed by atoms with Crippen LogP contribution in [0.1, 0.15) is 18.1 Å². The summed E-state index contributed by atoms with van der Waals surface area (Å²) in [6.45, 7) is 3.42. The van der Waals surface area contributed by atoms with Crippen LogP contribution in [-0.4, -0.2) is 12.7 Å². The van der Waals surface area contributed by atoms with Gasteiger partial charge >= 0.3 is 6.09 Å². The first kappa shape index (κ1) is 14.7. The number of rotatable bonds is 4. The second-order valence-electron chi connectivity index (χ2n) is 3.14. The molecule has 0 saturated heterocycles. The summed E-state index contributed by atoms with van der Waals surface area (Å²) in [6.07, 6.45) is -0.377. The summed E-state index contributed by atoms with van der Waals surface area (Å²) in [6, 6.07) is 7.97. The SMILES string of the molecule is CCOC(=O)NCc1cccc(C[NH3+])c1.[Cl-]. The van der Waals surface area contributed by atoms with E-state index in [4.69, 9.17) is 4.74 Å². The maximum atomic E-state index is 11.0. The number of quaternary nitrogens is 1. The van der Waals surface area contributed by atoms with Gasteiger partial charge in [-0.05, 0) is 18.6 Å². The molecule has 4 N–H and O–H groups in total. The minimum absolute atomic E-state index is 0. The van der Waals surface area contributed by atoms with Gasteiger partial charge in [0.25, 0.3) is 0 Å². The van der Waals surface area contributed by atoms with Crippen LogP contribution in [0.15, 0.2) is 24.3 Å². The molecule has 0 aliphatic carbocycles. The van der Waals surface area contributed by atoms with E-state index in [1.165, 1.54) is 0 Å². The van der Waals surface area contributed by atoms with Crippen LogP contribution in [0.4, 0.5) is 4.79 Å². The molecule has 0 atom stereocenters. The summed E-state index contributed by atoms with van der Waals surface area (Å²) in [4.78, 5) is 11.0. The number of ether oxygens (including phenoxy) is 1. The van der Waals surface area contributed by atoms with Gasteiger partial charge in [0, 0.05) is 12.1 Å². The topological polar surface area (TPSA) is 66.0 Å². The number of amides is 1. The Bertz CT molecular complexity index is 332. The molecule has 0 heterocycles. The van der Waals surface area contributed by atoms with Crippen molar-refractivity contribution >= 4 is 6.09 Å². The minimum Gasteiger partial charge on any atom is -1.00 e. The molecule has 1 aromatic carbocycles. The molecule has 5 heteroatoms. The maximum absolute atomic E-state index is 11.0. The Morgan fingerprint density at radius 2 is 2.12 bits per heavy atom. The molecule has 16 heavy (non-hydrogen) atoms. The number of hydrogen-bond donors (Lipinski definition) is 2. The highest BCUT2D eigenvalue weighted by molar-refractivity contribution is 5.67. The molecule has 1 rings (SSSR count).